The minimum absolute atomic E-state index is 0.0945. The number of fused-ring (bicyclic) bond motifs is 1. The number of aryl methyl sites for hydroxylation is 2. The number of anilines is 3. The van der Waals surface area contributed by atoms with E-state index in [1.54, 1.807) is 6.07 Å². The molecule has 0 spiro atoms. The molecule has 5 heteroatoms. The fourth-order valence-electron chi connectivity index (χ4n) is 4.01. The standard InChI is InChI=1S/C25H26FN3O/c1-28(2)20-9-6-17(7-10-20)16-29(21-11-8-18-4-3-5-19(18)14-21)22-12-13-23(25(27)30)24(26)15-22/h6-15H,3-5,16H2,1-2H3,(H2,27,30). The van der Waals surface area contributed by atoms with E-state index < -0.39 is 11.7 Å². The molecule has 4 rings (SSSR count). The summed E-state index contributed by atoms with van der Waals surface area (Å²) in [6.45, 7) is 0.585. The van der Waals surface area contributed by atoms with Gasteiger partial charge in [-0.05, 0) is 78.4 Å². The van der Waals surface area contributed by atoms with Crippen LogP contribution >= 0.6 is 0 Å². The smallest absolute Gasteiger partial charge is 0.251 e. The number of rotatable bonds is 6. The van der Waals surface area contributed by atoms with Crippen LogP contribution in [0.4, 0.5) is 21.5 Å². The molecule has 0 bridgehead atoms. The molecule has 3 aromatic rings. The molecule has 1 aliphatic rings. The van der Waals surface area contributed by atoms with Crippen LogP contribution in [-0.4, -0.2) is 20.0 Å². The van der Waals surface area contributed by atoms with Gasteiger partial charge >= 0.3 is 0 Å². The molecule has 0 unspecified atom stereocenters. The molecule has 0 radical (unpaired) electrons. The van der Waals surface area contributed by atoms with Crippen molar-refractivity contribution in [2.75, 3.05) is 23.9 Å². The van der Waals surface area contributed by atoms with Gasteiger partial charge in [0.15, 0.2) is 0 Å². The Morgan fingerprint density at radius 2 is 1.53 bits per heavy atom. The quantitative estimate of drug-likeness (QED) is 0.642. The second-order valence-electron chi connectivity index (χ2n) is 7.98. The first-order valence-electron chi connectivity index (χ1n) is 10.2. The molecule has 0 aliphatic heterocycles. The lowest BCUT2D eigenvalue weighted by molar-refractivity contribution is 0.0996. The lowest BCUT2D eigenvalue weighted by Gasteiger charge is -2.26. The molecule has 1 aliphatic carbocycles. The van der Waals surface area contributed by atoms with Crippen molar-refractivity contribution < 1.29 is 9.18 Å². The SMILES string of the molecule is CN(C)c1ccc(CN(c2ccc(C(N)=O)c(F)c2)c2ccc3c(c2)CCC3)cc1. The fourth-order valence-corrected chi connectivity index (χ4v) is 4.01. The molecule has 0 saturated carbocycles. The predicted molar refractivity (Wildman–Crippen MR) is 120 cm³/mol. The highest BCUT2D eigenvalue weighted by atomic mass is 19.1. The second kappa shape index (κ2) is 8.19. The van der Waals surface area contributed by atoms with Gasteiger partial charge in [-0.1, -0.05) is 18.2 Å². The van der Waals surface area contributed by atoms with E-state index in [0.717, 1.165) is 29.8 Å². The van der Waals surface area contributed by atoms with E-state index >= 15 is 0 Å². The molecular formula is C25H26FN3O. The van der Waals surface area contributed by atoms with Crippen molar-refractivity contribution in [3.8, 4) is 0 Å². The molecule has 0 saturated heterocycles. The van der Waals surface area contributed by atoms with Crippen molar-refractivity contribution in [3.05, 3.63) is 88.7 Å². The summed E-state index contributed by atoms with van der Waals surface area (Å²) >= 11 is 0. The Morgan fingerprint density at radius 1 is 0.900 bits per heavy atom. The van der Waals surface area contributed by atoms with Crippen LogP contribution in [-0.2, 0) is 19.4 Å². The van der Waals surface area contributed by atoms with Crippen LogP contribution in [0.2, 0.25) is 0 Å². The number of hydrogen-bond donors (Lipinski definition) is 1. The maximum atomic E-state index is 14.5. The number of primary amides is 1. The Bertz CT molecular complexity index is 1080. The number of halogens is 1. The Kier molecular flexibility index (Phi) is 5.44. The fraction of sp³-hybridized carbons (Fsp3) is 0.240. The molecule has 30 heavy (non-hydrogen) atoms. The third-order valence-corrected chi connectivity index (χ3v) is 5.72. The lowest BCUT2D eigenvalue weighted by Crippen LogP contribution is -2.19. The van der Waals surface area contributed by atoms with Crippen LogP contribution in [0.3, 0.4) is 0 Å². The molecule has 1 amide bonds. The van der Waals surface area contributed by atoms with Crippen molar-refractivity contribution in [2.24, 2.45) is 5.73 Å². The zero-order valence-corrected chi connectivity index (χ0v) is 17.4. The van der Waals surface area contributed by atoms with E-state index in [2.05, 4.69) is 52.3 Å². The normalized spacial score (nSPS) is 12.5. The maximum absolute atomic E-state index is 14.5. The van der Waals surface area contributed by atoms with E-state index in [-0.39, 0.29) is 5.56 Å². The molecule has 0 aromatic heterocycles. The van der Waals surface area contributed by atoms with E-state index in [1.165, 1.54) is 29.7 Å². The Morgan fingerprint density at radius 3 is 2.20 bits per heavy atom. The molecule has 3 aromatic carbocycles. The molecule has 0 fully saturated rings. The van der Waals surface area contributed by atoms with Crippen molar-refractivity contribution in [3.63, 3.8) is 0 Å². The summed E-state index contributed by atoms with van der Waals surface area (Å²) in [6, 6.07) is 19.4. The van der Waals surface area contributed by atoms with Crippen LogP contribution in [0, 0.1) is 5.82 Å². The number of amides is 1. The van der Waals surface area contributed by atoms with Crippen molar-refractivity contribution in [1.82, 2.24) is 0 Å². The van der Waals surface area contributed by atoms with Crippen molar-refractivity contribution >= 4 is 23.0 Å². The Balaban J connectivity index is 1.73. The van der Waals surface area contributed by atoms with Gasteiger partial charge in [0.2, 0.25) is 0 Å². The predicted octanol–water partition coefficient (Wildman–Crippen LogP) is 4.82. The van der Waals surface area contributed by atoms with Crippen molar-refractivity contribution in [1.29, 1.82) is 0 Å². The number of nitrogens with two attached hydrogens (primary N) is 1. The highest BCUT2D eigenvalue weighted by Gasteiger charge is 2.18. The first kappa shape index (κ1) is 20.0. The van der Waals surface area contributed by atoms with Crippen LogP contribution in [0.1, 0.15) is 33.5 Å². The highest BCUT2D eigenvalue weighted by Crippen LogP contribution is 2.33. The summed E-state index contributed by atoms with van der Waals surface area (Å²) in [7, 11) is 4.02. The van der Waals surface area contributed by atoms with Gasteiger partial charge in [-0.2, -0.15) is 0 Å². The molecule has 154 valence electrons. The Labute approximate surface area is 176 Å². The van der Waals surface area contributed by atoms with Gasteiger partial charge in [0.1, 0.15) is 5.82 Å². The number of hydrogen-bond acceptors (Lipinski definition) is 3. The van der Waals surface area contributed by atoms with E-state index in [9.17, 15) is 9.18 Å². The molecule has 0 heterocycles. The summed E-state index contributed by atoms with van der Waals surface area (Å²) in [5, 5.41) is 0. The molecule has 4 nitrogen and oxygen atoms in total. The zero-order chi connectivity index (χ0) is 21.3. The van der Waals surface area contributed by atoms with Gasteiger partial charge in [0.25, 0.3) is 5.91 Å². The summed E-state index contributed by atoms with van der Waals surface area (Å²) < 4.78 is 14.5. The number of benzene rings is 3. The Hall–Kier alpha value is -3.34. The summed E-state index contributed by atoms with van der Waals surface area (Å²) in [4.78, 5) is 15.6. The van der Waals surface area contributed by atoms with Crippen LogP contribution < -0.4 is 15.5 Å². The molecular weight excluding hydrogens is 377 g/mol. The van der Waals surface area contributed by atoms with Crippen LogP contribution in [0.25, 0.3) is 0 Å². The van der Waals surface area contributed by atoms with E-state index in [1.807, 2.05) is 14.1 Å². The van der Waals surface area contributed by atoms with Gasteiger partial charge in [0, 0.05) is 37.7 Å². The highest BCUT2D eigenvalue weighted by molar-refractivity contribution is 5.93. The molecule has 0 atom stereocenters. The first-order chi connectivity index (χ1) is 14.4. The van der Waals surface area contributed by atoms with Gasteiger partial charge in [-0.3, -0.25) is 4.79 Å². The summed E-state index contributed by atoms with van der Waals surface area (Å²) in [6.07, 6.45) is 3.36. The number of carbonyl (C=O) groups excluding carboxylic acids is 1. The van der Waals surface area contributed by atoms with Gasteiger partial charge in [0.05, 0.1) is 5.56 Å². The van der Waals surface area contributed by atoms with Crippen molar-refractivity contribution in [2.45, 2.75) is 25.8 Å². The van der Waals surface area contributed by atoms with Gasteiger partial charge < -0.3 is 15.5 Å². The number of nitrogens with zero attached hydrogens (tertiary/aromatic N) is 2. The number of carbonyl (C=O) groups is 1. The minimum atomic E-state index is -0.762. The monoisotopic (exact) mass is 403 g/mol. The second-order valence-corrected chi connectivity index (χ2v) is 7.98. The van der Waals surface area contributed by atoms with Gasteiger partial charge in [-0.25, -0.2) is 4.39 Å². The lowest BCUT2D eigenvalue weighted by atomic mass is 10.1. The maximum Gasteiger partial charge on any atom is 0.251 e. The third kappa shape index (κ3) is 4.01. The minimum Gasteiger partial charge on any atom is -0.378 e. The summed E-state index contributed by atoms with van der Waals surface area (Å²) in [5.41, 5.74) is 11.9. The first-order valence-corrected chi connectivity index (χ1v) is 10.2. The largest absolute Gasteiger partial charge is 0.378 e. The zero-order valence-electron chi connectivity index (χ0n) is 17.4. The van der Waals surface area contributed by atoms with Gasteiger partial charge in [-0.15, -0.1) is 0 Å². The summed E-state index contributed by atoms with van der Waals surface area (Å²) in [5.74, 6) is -1.36. The average Bonchev–Trinajstić information content (AvgIpc) is 3.20. The molecule has 2 N–H and O–H groups in total. The topological polar surface area (TPSA) is 49.6 Å². The van der Waals surface area contributed by atoms with Crippen LogP contribution in [0.5, 0.6) is 0 Å². The third-order valence-electron chi connectivity index (χ3n) is 5.72. The average molecular weight is 404 g/mol. The van der Waals surface area contributed by atoms with E-state index in [0.29, 0.717) is 12.2 Å². The van der Waals surface area contributed by atoms with E-state index in [4.69, 9.17) is 5.73 Å². The van der Waals surface area contributed by atoms with Crippen LogP contribution in [0.15, 0.2) is 60.7 Å².